The van der Waals surface area contributed by atoms with Gasteiger partial charge in [0.05, 0.1) is 5.69 Å². The van der Waals surface area contributed by atoms with Crippen LogP contribution in [-0.2, 0) is 0 Å². The van der Waals surface area contributed by atoms with E-state index in [1.165, 1.54) is 11.9 Å². The third-order valence-corrected chi connectivity index (χ3v) is 3.32. The van der Waals surface area contributed by atoms with E-state index in [0.717, 1.165) is 29.7 Å². The van der Waals surface area contributed by atoms with Gasteiger partial charge in [-0.1, -0.05) is 31.5 Å². The minimum atomic E-state index is -0.261. The summed E-state index contributed by atoms with van der Waals surface area (Å²) in [4.78, 5) is 15.4. The number of nitrogens with two attached hydrogens (primary N) is 1. The number of urea groups is 1. The van der Waals surface area contributed by atoms with Crippen LogP contribution < -0.4 is 10.6 Å². The first-order valence-electron chi connectivity index (χ1n) is 6.85. The number of nitrogens with zero attached hydrogens (tertiary/aromatic N) is 2. The molecule has 1 aromatic rings. The van der Waals surface area contributed by atoms with E-state index in [1.54, 1.807) is 4.90 Å². The molecule has 0 aliphatic heterocycles. The molecule has 0 fully saturated rings. The second-order valence-corrected chi connectivity index (χ2v) is 4.97. The van der Waals surface area contributed by atoms with Gasteiger partial charge in [0.1, 0.15) is 0 Å². The lowest BCUT2D eigenvalue weighted by Gasteiger charge is -2.29. The van der Waals surface area contributed by atoms with Gasteiger partial charge in [-0.25, -0.2) is 4.79 Å². The molecule has 3 N–H and O–H groups in total. The fourth-order valence-electron chi connectivity index (χ4n) is 2.13. The molecule has 1 rings (SSSR count). The number of amides is 2. The molecule has 110 valence electrons. The zero-order chi connectivity index (χ0) is 15.3. The second kappa shape index (κ2) is 6.93. The first-order chi connectivity index (χ1) is 9.40. The summed E-state index contributed by atoms with van der Waals surface area (Å²) < 4.78 is 0. The lowest BCUT2D eigenvalue weighted by molar-refractivity contribution is 0.232. The number of anilines is 1. The van der Waals surface area contributed by atoms with Crippen molar-refractivity contribution in [1.82, 2.24) is 4.90 Å². The van der Waals surface area contributed by atoms with Gasteiger partial charge < -0.3 is 5.73 Å². The molecule has 0 spiro atoms. The number of rotatable bonds is 4. The summed E-state index contributed by atoms with van der Waals surface area (Å²) >= 11 is 0. The van der Waals surface area contributed by atoms with E-state index in [1.807, 2.05) is 32.0 Å². The van der Waals surface area contributed by atoms with Crippen molar-refractivity contribution in [2.75, 3.05) is 18.5 Å². The van der Waals surface area contributed by atoms with Crippen LogP contribution in [0.4, 0.5) is 10.5 Å². The van der Waals surface area contributed by atoms with Crippen molar-refractivity contribution in [3.05, 3.63) is 29.3 Å². The van der Waals surface area contributed by atoms with Gasteiger partial charge in [-0.05, 0) is 31.4 Å². The molecule has 0 saturated carbocycles. The lowest BCUT2D eigenvalue weighted by atomic mass is 10.1. The summed E-state index contributed by atoms with van der Waals surface area (Å²) in [6.07, 6.45) is 1.91. The van der Waals surface area contributed by atoms with Crippen LogP contribution in [-0.4, -0.2) is 30.5 Å². The van der Waals surface area contributed by atoms with Crippen molar-refractivity contribution in [2.24, 2.45) is 5.73 Å². The topological polar surface area (TPSA) is 73.4 Å². The lowest BCUT2D eigenvalue weighted by Crippen LogP contribution is -2.47. The molecule has 0 aliphatic carbocycles. The molecule has 0 atom stereocenters. The number of carbonyl (C=O) groups is 1. The fourth-order valence-corrected chi connectivity index (χ4v) is 2.13. The number of benzene rings is 1. The molecule has 5 heteroatoms. The Morgan fingerprint density at radius 2 is 1.85 bits per heavy atom. The van der Waals surface area contributed by atoms with Crippen LogP contribution in [0.1, 0.15) is 30.9 Å². The number of nitrogens with one attached hydrogen (secondary N) is 1. The molecular weight excluding hydrogens is 252 g/mol. The normalized spacial score (nSPS) is 10.2. The third-order valence-electron chi connectivity index (χ3n) is 3.32. The molecule has 0 radical (unpaired) electrons. The first kappa shape index (κ1) is 16.0. The molecule has 0 bridgehead atoms. The van der Waals surface area contributed by atoms with Gasteiger partial charge in [-0.15, -0.1) is 0 Å². The maximum absolute atomic E-state index is 12.5. The fraction of sp³-hybridized carbons (Fsp3) is 0.467. The number of hydrogen-bond donors (Lipinski definition) is 2. The first-order valence-corrected chi connectivity index (χ1v) is 6.85. The van der Waals surface area contributed by atoms with E-state index < -0.39 is 0 Å². The maximum Gasteiger partial charge on any atom is 0.331 e. The van der Waals surface area contributed by atoms with E-state index in [-0.39, 0.29) is 12.0 Å². The van der Waals surface area contributed by atoms with Crippen LogP contribution in [0.25, 0.3) is 0 Å². The minimum Gasteiger partial charge on any atom is -0.370 e. The summed E-state index contributed by atoms with van der Waals surface area (Å²) in [6, 6.07) is 5.69. The molecule has 5 nitrogen and oxygen atoms in total. The highest BCUT2D eigenvalue weighted by molar-refractivity contribution is 6.02. The highest BCUT2D eigenvalue weighted by Crippen LogP contribution is 2.26. The van der Waals surface area contributed by atoms with Crippen LogP contribution in [0.5, 0.6) is 0 Å². The van der Waals surface area contributed by atoms with Crippen molar-refractivity contribution >= 4 is 17.7 Å². The SMILES string of the molecule is CCCCN(C(=O)N(C)C(=N)N)c1c(C)cccc1C. The summed E-state index contributed by atoms with van der Waals surface area (Å²) in [5, 5.41) is 7.43. The Morgan fingerprint density at radius 3 is 2.30 bits per heavy atom. The number of para-hydroxylation sites is 1. The molecular formula is C15H24N4O. The van der Waals surface area contributed by atoms with Crippen molar-refractivity contribution < 1.29 is 4.79 Å². The van der Waals surface area contributed by atoms with Gasteiger partial charge in [-0.2, -0.15) is 0 Å². The van der Waals surface area contributed by atoms with Gasteiger partial charge in [0.2, 0.25) is 0 Å². The molecule has 0 saturated heterocycles. The Labute approximate surface area is 120 Å². The molecule has 2 amide bonds. The van der Waals surface area contributed by atoms with Gasteiger partial charge in [0.25, 0.3) is 0 Å². The Hall–Kier alpha value is -2.04. The van der Waals surface area contributed by atoms with Gasteiger partial charge in [-0.3, -0.25) is 15.2 Å². The smallest absolute Gasteiger partial charge is 0.331 e. The average molecular weight is 276 g/mol. The summed E-state index contributed by atoms with van der Waals surface area (Å²) in [6.45, 7) is 6.69. The summed E-state index contributed by atoms with van der Waals surface area (Å²) in [7, 11) is 1.53. The predicted octanol–water partition coefficient (Wildman–Crippen LogP) is 2.86. The number of hydrogen-bond acceptors (Lipinski definition) is 2. The zero-order valence-corrected chi connectivity index (χ0v) is 12.7. The monoisotopic (exact) mass is 276 g/mol. The minimum absolute atomic E-state index is 0.247. The predicted molar refractivity (Wildman–Crippen MR) is 83.2 cm³/mol. The van der Waals surface area contributed by atoms with E-state index in [2.05, 4.69) is 6.92 Å². The quantitative estimate of drug-likeness (QED) is 0.655. The second-order valence-electron chi connectivity index (χ2n) is 4.97. The number of carbonyl (C=O) groups excluding carboxylic acids is 1. The van der Waals surface area contributed by atoms with Gasteiger partial charge in [0, 0.05) is 13.6 Å². The van der Waals surface area contributed by atoms with Crippen molar-refractivity contribution in [2.45, 2.75) is 33.6 Å². The number of guanidine groups is 1. The molecule has 0 aliphatic rings. The van der Waals surface area contributed by atoms with E-state index in [0.29, 0.717) is 6.54 Å². The van der Waals surface area contributed by atoms with Crippen LogP contribution in [0.3, 0.4) is 0 Å². The highest BCUT2D eigenvalue weighted by atomic mass is 16.2. The third kappa shape index (κ3) is 3.50. The molecule has 0 heterocycles. The van der Waals surface area contributed by atoms with Gasteiger partial charge >= 0.3 is 6.03 Å². The Kier molecular flexibility index (Phi) is 5.55. The van der Waals surface area contributed by atoms with Crippen LogP contribution in [0.2, 0.25) is 0 Å². The standard InChI is InChI=1S/C15H24N4O/c1-5-6-10-19(15(20)18(4)14(16)17)13-11(2)8-7-9-12(13)3/h7-9H,5-6,10H2,1-4H3,(H3,16,17). The molecule has 1 aromatic carbocycles. The van der Waals surface area contributed by atoms with Crippen LogP contribution >= 0.6 is 0 Å². The zero-order valence-electron chi connectivity index (χ0n) is 12.7. The van der Waals surface area contributed by atoms with Gasteiger partial charge in [0.15, 0.2) is 5.96 Å². The molecule has 0 aromatic heterocycles. The Balaban J connectivity index is 3.18. The Bertz CT molecular complexity index is 478. The van der Waals surface area contributed by atoms with E-state index >= 15 is 0 Å². The van der Waals surface area contributed by atoms with Crippen LogP contribution in [0.15, 0.2) is 18.2 Å². The van der Waals surface area contributed by atoms with E-state index in [4.69, 9.17) is 11.1 Å². The number of unbranched alkanes of at least 4 members (excludes halogenated alkanes) is 1. The molecule has 20 heavy (non-hydrogen) atoms. The highest BCUT2D eigenvalue weighted by Gasteiger charge is 2.23. The Morgan fingerprint density at radius 1 is 1.30 bits per heavy atom. The largest absolute Gasteiger partial charge is 0.370 e. The summed E-state index contributed by atoms with van der Waals surface area (Å²) in [5.74, 6) is -0.247. The van der Waals surface area contributed by atoms with Crippen molar-refractivity contribution in [1.29, 1.82) is 5.41 Å². The number of aryl methyl sites for hydroxylation is 2. The average Bonchev–Trinajstić information content (AvgIpc) is 2.40. The van der Waals surface area contributed by atoms with Crippen molar-refractivity contribution in [3.8, 4) is 0 Å². The van der Waals surface area contributed by atoms with Crippen molar-refractivity contribution in [3.63, 3.8) is 0 Å². The summed E-state index contributed by atoms with van der Waals surface area (Å²) in [5.41, 5.74) is 8.43. The van der Waals surface area contributed by atoms with Crippen LogP contribution in [0, 0.1) is 19.3 Å². The molecule has 0 unspecified atom stereocenters. The maximum atomic E-state index is 12.5. The van der Waals surface area contributed by atoms with E-state index in [9.17, 15) is 4.79 Å².